The Morgan fingerprint density at radius 3 is 2.67 bits per heavy atom. The van der Waals surface area contributed by atoms with Gasteiger partial charge in [0.05, 0.1) is 0 Å². The second-order valence-electron chi connectivity index (χ2n) is 2.61. The van der Waals surface area contributed by atoms with Crippen LogP contribution < -0.4 is 0 Å². The highest BCUT2D eigenvalue weighted by atomic mass is 35.5. The summed E-state index contributed by atoms with van der Waals surface area (Å²) in [6.45, 7) is 3.54. The zero-order valence-electron chi connectivity index (χ0n) is 6.69. The van der Waals surface area contributed by atoms with Crippen molar-refractivity contribution in [1.82, 2.24) is 0 Å². The van der Waals surface area contributed by atoms with Crippen LogP contribution >= 0.6 is 11.6 Å². The molecule has 12 heavy (non-hydrogen) atoms. The topological polar surface area (TPSA) is 0 Å². The molecule has 0 N–H and O–H groups in total. The molecule has 0 aliphatic carbocycles. The smallest absolute Gasteiger partial charge is 0.126 e. The summed E-state index contributed by atoms with van der Waals surface area (Å²) in [6, 6.07) is 6.70. The molecule has 0 saturated carbocycles. The van der Waals surface area contributed by atoms with Crippen LogP contribution in [-0.2, 0) is 6.42 Å². The molecule has 1 aromatic rings. The molecule has 1 rings (SSSR count). The third kappa shape index (κ3) is 2.67. The van der Waals surface area contributed by atoms with Gasteiger partial charge in [0, 0.05) is 5.03 Å². The van der Waals surface area contributed by atoms with Crippen molar-refractivity contribution in [3.63, 3.8) is 0 Å². The lowest BCUT2D eigenvalue weighted by molar-refractivity contribution is 0.609. The number of allylic oxidation sites excluding steroid dienone is 1. The van der Waals surface area contributed by atoms with Gasteiger partial charge in [-0.15, -0.1) is 0 Å². The van der Waals surface area contributed by atoms with Crippen LogP contribution in [0.1, 0.15) is 12.0 Å². The fourth-order valence-corrected chi connectivity index (χ4v) is 1.07. The van der Waals surface area contributed by atoms with E-state index < -0.39 is 0 Å². The molecule has 0 nitrogen and oxygen atoms in total. The second-order valence-corrected chi connectivity index (χ2v) is 3.14. The first-order valence-electron chi connectivity index (χ1n) is 3.77. The zero-order valence-corrected chi connectivity index (χ0v) is 7.44. The molecular weight excluding hydrogens is 175 g/mol. The second kappa shape index (κ2) is 4.27. The minimum atomic E-state index is -0.171. The summed E-state index contributed by atoms with van der Waals surface area (Å²) in [5.41, 5.74) is 0.694. The van der Waals surface area contributed by atoms with Crippen molar-refractivity contribution in [1.29, 1.82) is 0 Å². The Morgan fingerprint density at radius 2 is 2.08 bits per heavy atom. The highest BCUT2D eigenvalue weighted by Crippen LogP contribution is 2.13. The van der Waals surface area contributed by atoms with Gasteiger partial charge in [0.2, 0.25) is 0 Å². The van der Waals surface area contributed by atoms with E-state index in [1.165, 1.54) is 6.07 Å². The number of hydrogen-bond acceptors (Lipinski definition) is 0. The van der Waals surface area contributed by atoms with Gasteiger partial charge in [-0.05, 0) is 24.5 Å². The largest absolute Gasteiger partial charge is 0.207 e. The van der Waals surface area contributed by atoms with Crippen molar-refractivity contribution in [2.45, 2.75) is 12.8 Å². The zero-order chi connectivity index (χ0) is 8.97. The van der Waals surface area contributed by atoms with Crippen LogP contribution in [0.2, 0.25) is 0 Å². The number of rotatable bonds is 3. The first-order valence-corrected chi connectivity index (χ1v) is 4.14. The number of hydrogen-bond donors (Lipinski definition) is 0. The summed E-state index contributed by atoms with van der Waals surface area (Å²) in [7, 11) is 0. The maximum absolute atomic E-state index is 13.0. The van der Waals surface area contributed by atoms with Crippen LogP contribution in [0, 0.1) is 5.82 Å². The van der Waals surface area contributed by atoms with Gasteiger partial charge in [-0.2, -0.15) is 0 Å². The summed E-state index contributed by atoms with van der Waals surface area (Å²) in [4.78, 5) is 0. The standard InChI is InChI=1S/C10H10ClF/c1-8(11)6-7-9-4-2-3-5-10(9)12/h2-5H,1,6-7H2. The number of halogens is 2. The van der Waals surface area contributed by atoms with E-state index in [0.717, 1.165) is 0 Å². The summed E-state index contributed by atoms with van der Waals surface area (Å²) < 4.78 is 13.0. The van der Waals surface area contributed by atoms with E-state index in [9.17, 15) is 4.39 Å². The van der Waals surface area contributed by atoms with E-state index in [0.29, 0.717) is 23.4 Å². The van der Waals surface area contributed by atoms with Gasteiger partial charge in [0.1, 0.15) is 5.82 Å². The Balaban J connectivity index is 2.63. The fourth-order valence-electron chi connectivity index (χ4n) is 0.971. The van der Waals surface area contributed by atoms with Crippen LogP contribution in [0.25, 0.3) is 0 Å². The molecule has 0 unspecified atom stereocenters. The molecule has 2 heteroatoms. The molecule has 0 saturated heterocycles. The van der Waals surface area contributed by atoms with Crippen molar-refractivity contribution in [3.8, 4) is 0 Å². The normalized spacial score (nSPS) is 9.83. The highest BCUT2D eigenvalue weighted by molar-refractivity contribution is 6.29. The third-order valence-electron chi connectivity index (χ3n) is 1.62. The van der Waals surface area contributed by atoms with Crippen molar-refractivity contribution >= 4 is 11.6 Å². The van der Waals surface area contributed by atoms with Crippen LogP contribution in [0.3, 0.4) is 0 Å². The number of aryl methyl sites for hydroxylation is 1. The third-order valence-corrected chi connectivity index (χ3v) is 1.81. The molecule has 0 amide bonds. The molecule has 64 valence electrons. The predicted molar refractivity (Wildman–Crippen MR) is 49.7 cm³/mol. The average Bonchev–Trinajstić information content (AvgIpc) is 2.03. The van der Waals surface area contributed by atoms with Crippen molar-refractivity contribution < 1.29 is 4.39 Å². The molecule has 1 aromatic carbocycles. The quantitative estimate of drug-likeness (QED) is 0.675. The Kier molecular flexibility index (Phi) is 3.30. The van der Waals surface area contributed by atoms with Crippen LogP contribution in [0.4, 0.5) is 4.39 Å². The van der Waals surface area contributed by atoms with Gasteiger partial charge in [-0.1, -0.05) is 36.4 Å². The highest BCUT2D eigenvalue weighted by Gasteiger charge is 1.99. The maximum atomic E-state index is 13.0. The molecule has 0 aliphatic rings. The molecule has 0 spiro atoms. The lowest BCUT2D eigenvalue weighted by Gasteiger charge is -2.00. The molecule has 0 aliphatic heterocycles. The fraction of sp³-hybridized carbons (Fsp3) is 0.200. The summed E-state index contributed by atoms with van der Waals surface area (Å²) in [6.07, 6.45) is 1.25. The first-order chi connectivity index (χ1) is 5.70. The Bertz CT molecular complexity index is 281. The van der Waals surface area contributed by atoms with Crippen LogP contribution in [0.15, 0.2) is 35.9 Å². The Morgan fingerprint density at radius 1 is 1.42 bits per heavy atom. The molecule has 0 aromatic heterocycles. The van der Waals surface area contributed by atoms with E-state index in [2.05, 4.69) is 6.58 Å². The monoisotopic (exact) mass is 184 g/mol. The van der Waals surface area contributed by atoms with Gasteiger partial charge in [-0.3, -0.25) is 0 Å². The van der Waals surface area contributed by atoms with Crippen molar-refractivity contribution in [3.05, 3.63) is 47.3 Å². The summed E-state index contributed by atoms with van der Waals surface area (Å²) >= 11 is 5.56. The minimum absolute atomic E-state index is 0.171. The van der Waals surface area contributed by atoms with E-state index >= 15 is 0 Å². The first kappa shape index (κ1) is 9.27. The van der Waals surface area contributed by atoms with E-state index in [4.69, 9.17) is 11.6 Å². The molecule has 0 atom stereocenters. The SMILES string of the molecule is C=C(Cl)CCc1ccccc1F. The van der Waals surface area contributed by atoms with E-state index in [-0.39, 0.29) is 5.82 Å². The van der Waals surface area contributed by atoms with Gasteiger partial charge >= 0.3 is 0 Å². The van der Waals surface area contributed by atoms with E-state index in [1.807, 2.05) is 6.07 Å². The lowest BCUT2D eigenvalue weighted by Crippen LogP contribution is -1.89. The Hall–Kier alpha value is -0.820. The molecule has 0 radical (unpaired) electrons. The van der Waals surface area contributed by atoms with Crippen molar-refractivity contribution in [2.75, 3.05) is 0 Å². The average molecular weight is 185 g/mol. The van der Waals surface area contributed by atoms with Crippen LogP contribution in [-0.4, -0.2) is 0 Å². The lowest BCUT2D eigenvalue weighted by atomic mass is 10.1. The predicted octanol–water partition coefficient (Wildman–Crippen LogP) is 3.51. The maximum Gasteiger partial charge on any atom is 0.126 e. The molecule has 0 fully saturated rings. The van der Waals surface area contributed by atoms with Gasteiger partial charge in [-0.25, -0.2) is 4.39 Å². The van der Waals surface area contributed by atoms with Crippen LogP contribution in [0.5, 0.6) is 0 Å². The summed E-state index contributed by atoms with van der Waals surface area (Å²) in [5, 5.41) is 0.568. The van der Waals surface area contributed by atoms with Gasteiger partial charge in [0.15, 0.2) is 0 Å². The van der Waals surface area contributed by atoms with Crippen molar-refractivity contribution in [2.24, 2.45) is 0 Å². The van der Waals surface area contributed by atoms with Gasteiger partial charge < -0.3 is 0 Å². The summed E-state index contributed by atoms with van der Waals surface area (Å²) in [5.74, 6) is -0.171. The van der Waals surface area contributed by atoms with Gasteiger partial charge in [0.25, 0.3) is 0 Å². The van der Waals surface area contributed by atoms with E-state index in [1.54, 1.807) is 12.1 Å². The minimum Gasteiger partial charge on any atom is -0.207 e. The molecule has 0 heterocycles. The Labute approximate surface area is 76.7 Å². The molecular formula is C10H10ClF. The number of benzene rings is 1. The molecule has 0 bridgehead atoms.